The summed E-state index contributed by atoms with van der Waals surface area (Å²) in [5, 5.41) is 5.78. The van der Waals surface area contributed by atoms with Crippen LogP contribution in [0.15, 0.2) is 60.7 Å². The lowest BCUT2D eigenvalue weighted by Crippen LogP contribution is -2.52. The zero-order valence-electron chi connectivity index (χ0n) is 14.7. The van der Waals surface area contributed by atoms with Crippen molar-refractivity contribution in [3.8, 4) is 0 Å². The molecule has 1 heterocycles. The Bertz CT molecular complexity index is 1040. The SMILES string of the molecule is CCc1ccccc1NC(=S)NN1C(=O)c2cccc3cccc(c23)C1=O. The van der Waals surface area contributed by atoms with Crippen LogP contribution in [0.3, 0.4) is 0 Å². The van der Waals surface area contributed by atoms with Crippen molar-refractivity contribution < 1.29 is 9.59 Å². The highest BCUT2D eigenvalue weighted by Gasteiger charge is 2.33. The topological polar surface area (TPSA) is 61.4 Å². The number of nitrogens with one attached hydrogen (secondary N) is 2. The Morgan fingerprint density at radius 1 is 0.926 bits per heavy atom. The minimum absolute atomic E-state index is 0.184. The van der Waals surface area contributed by atoms with Crippen LogP contribution in [0.4, 0.5) is 5.69 Å². The highest BCUT2D eigenvalue weighted by Crippen LogP contribution is 2.29. The molecule has 2 N–H and O–H groups in total. The molecule has 0 spiro atoms. The van der Waals surface area contributed by atoms with Crippen LogP contribution < -0.4 is 10.7 Å². The van der Waals surface area contributed by atoms with Gasteiger partial charge in [0, 0.05) is 11.1 Å². The number of aryl methyl sites for hydroxylation is 1. The van der Waals surface area contributed by atoms with Crippen molar-refractivity contribution >= 4 is 45.6 Å². The summed E-state index contributed by atoms with van der Waals surface area (Å²) in [6.07, 6.45) is 0.836. The number of carbonyl (C=O) groups excluding carboxylic acids is 2. The van der Waals surface area contributed by atoms with Crippen LogP contribution >= 0.6 is 12.2 Å². The van der Waals surface area contributed by atoms with Crippen molar-refractivity contribution in [3.05, 3.63) is 77.4 Å². The van der Waals surface area contributed by atoms with Gasteiger partial charge < -0.3 is 5.32 Å². The van der Waals surface area contributed by atoms with Crippen molar-refractivity contribution in [2.24, 2.45) is 0 Å². The van der Waals surface area contributed by atoms with Gasteiger partial charge in [-0.1, -0.05) is 49.4 Å². The van der Waals surface area contributed by atoms with Crippen molar-refractivity contribution in [1.82, 2.24) is 10.4 Å². The molecule has 1 aliphatic rings. The number of hydrazine groups is 1. The molecule has 0 saturated carbocycles. The van der Waals surface area contributed by atoms with Gasteiger partial charge in [0.2, 0.25) is 0 Å². The lowest BCUT2D eigenvalue weighted by atomic mass is 9.95. The predicted octanol–water partition coefficient (Wildman–Crippen LogP) is 3.90. The lowest BCUT2D eigenvalue weighted by Gasteiger charge is -2.28. The Morgan fingerprint density at radius 3 is 2.19 bits per heavy atom. The molecule has 0 saturated heterocycles. The van der Waals surface area contributed by atoms with E-state index in [1.807, 2.05) is 43.3 Å². The molecular formula is C21H17N3O2S. The van der Waals surface area contributed by atoms with E-state index in [9.17, 15) is 9.59 Å². The van der Waals surface area contributed by atoms with Crippen LogP contribution in [-0.2, 0) is 6.42 Å². The summed E-state index contributed by atoms with van der Waals surface area (Å²) in [4.78, 5) is 25.8. The molecule has 3 aromatic rings. The summed E-state index contributed by atoms with van der Waals surface area (Å²) in [5.74, 6) is -0.838. The fraction of sp³-hybridized carbons (Fsp3) is 0.0952. The molecule has 4 rings (SSSR count). The summed E-state index contributed by atoms with van der Waals surface area (Å²) < 4.78 is 0. The molecule has 0 radical (unpaired) electrons. The van der Waals surface area contributed by atoms with E-state index < -0.39 is 11.8 Å². The number of carbonyl (C=O) groups is 2. The van der Waals surface area contributed by atoms with Crippen molar-refractivity contribution in [3.63, 3.8) is 0 Å². The summed E-state index contributed by atoms with van der Waals surface area (Å²) >= 11 is 5.34. The largest absolute Gasteiger partial charge is 0.331 e. The lowest BCUT2D eigenvalue weighted by molar-refractivity contribution is 0.0568. The van der Waals surface area contributed by atoms with Crippen molar-refractivity contribution in [1.29, 1.82) is 0 Å². The molecule has 0 bridgehead atoms. The molecular weight excluding hydrogens is 358 g/mol. The second-order valence-electron chi connectivity index (χ2n) is 6.23. The Hall–Kier alpha value is -3.25. The van der Waals surface area contributed by atoms with E-state index in [1.54, 1.807) is 24.3 Å². The Morgan fingerprint density at radius 2 is 1.56 bits per heavy atom. The summed E-state index contributed by atoms with van der Waals surface area (Å²) in [6.45, 7) is 2.05. The molecule has 27 heavy (non-hydrogen) atoms. The Labute approximate surface area is 162 Å². The zero-order valence-corrected chi connectivity index (χ0v) is 15.5. The molecule has 0 unspecified atom stereocenters. The molecule has 2 amide bonds. The van der Waals surface area contributed by atoms with Crippen LogP contribution in [0.1, 0.15) is 33.2 Å². The van der Waals surface area contributed by atoms with Crippen LogP contribution in [0.25, 0.3) is 10.8 Å². The van der Waals surface area contributed by atoms with Gasteiger partial charge in [-0.3, -0.25) is 15.0 Å². The number of nitrogens with zero attached hydrogens (tertiary/aromatic N) is 1. The number of hydrogen-bond acceptors (Lipinski definition) is 3. The van der Waals surface area contributed by atoms with Gasteiger partial charge in [-0.05, 0) is 47.8 Å². The molecule has 0 fully saturated rings. The average Bonchev–Trinajstić information content (AvgIpc) is 2.69. The quantitative estimate of drug-likeness (QED) is 0.537. The maximum absolute atomic E-state index is 12.9. The maximum Gasteiger partial charge on any atom is 0.280 e. The van der Waals surface area contributed by atoms with Crippen molar-refractivity contribution in [2.75, 3.05) is 5.32 Å². The third-order valence-corrected chi connectivity index (χ3v) is 4.82. The van der Waals surface area contributed by atoms with Crippen LogP contribution in [0, 0.1) is 0 Å². The molecule has 134 valence electrons. The Kier molecular flexibility index (Phi) is 4.33. The number of thiocarbonyl (C=S) groups is 1. The first-order valence-electron chi connectivity index (χ1n) is 8.66. The Balaban J connectivity index is 1.63. The first kappa shape index (κ1) is 17.2. The van der Waals surface area contributed by atoms with Crippen LogP contribution in [0.2, 0.25) is 0 Å². The maximum atomic E-state index is 12.9. The number of amides is 2. The van der Waals surface area contributed by atoms with Crippen LogP contribution in [-0.4, -0.2) is 21.9 Å². The normalized spacial score (nSPS) is 13.0. The van der Waals surface area contributed by atoms with E-state index in [1.165, 1.54) is 0 Å². The minimum Gasteiger partial charge on any atom is -0.331 e. The van der Waals surface area contributed by atoms with E-state index in [4.69, 9.17) is 12.2 Å². The van der Waals surface area contributed by atoms with E-state index in [-0.39, 0.29) is 5.11 Å². The second-order valence-corrected chi connectivity index (χ2v) is 6.64. The molecule has 6 heteroatoms. The van der Waals surface area contributed by atoms with Gasteiger partial charge in [-0.25, -0.2) is 0 Å². The molecule has 0 aliphatic carbocycles. The fourth-order valence-corrected chi connectivity index (χ4v) is 3.54. The van der Waals surface area contributed by atoms with Crippen LogP contribution in [0.5, 0.6) is 0 Å². The summed E-state index contributed by atoms with van der Waals surface area (Å²) in [7, 11) is 0. The van der Waals surface area contributed by atoms with Crippen molar-refractivity contribution in [2.45, 2.75) is 13.3 Å². The fourth-order valence-electron chi connectivity index (χ4n) is 3.33. The van der Waals surface area contributed by atoms with Gasteiger partial charge in [0.05, 0.1) is 11.1 Å². The highest BCUT2D eigenvalue weighted by atomic mass is 32.1. The number of benzene rings is 3. The van der Waals surface area contributed by atoms with Gasteiger partial charge in [0.1, 0.15) is 0 Å². The molecule has 1 aliphatic heterocycles. The summed E-state index contributed by atoms with van der Waals surface area (Å²) in [5.41, 5.74) is 5.65. The standard InChI is InChI=1S/C21H17N3O2S/c1-2-13-7-3-4-12-17(13)22-21(27)23-24-19(25)15-10-5-8-14-9-6-11-16(18(14)15)20(24)26/h3-12H,2H2,1H3,(H2,22,23,27). The van der Waals surface area contributed by atoms with Gasteiger partial charge in [-0.2, -0.15) is 5.01 Å². The third-order valence-electron chi connectivity index (χ3n) is 4.63. The predicted molar refractivity (Wildman–Crippen MR) is 110 cm³/mol. The highest BCUT2D eigenvalue weighted by molar-refractivity contribution is 7.80. The monoisotopic (exact) mass is 375 g/mol. The molecule has 3 aromatic carbocycles. The smallest absolute Gasteiger partial charge is 0.280 e. The first-order valence-corrected chi connectivity index (χ1v) is 9.07. The number of anilines is 1. The number of hydrogen-bond donors (Lipinski definition) is 2. The first-order chi connectivity index (χ1) is 13.1. The van der Waals surface area contributed by atoms with Gasteiger partial charge >= 0.3 is 0 Å². The second kappa shape index (κ2) is 6.81. The van der Waals surface area contributed by atoms with E-state index in [0.29, 0.717) is 16.5 Å². The zero-order chi connectivity index (χ0) is 19.0. The molecule has 0 atom stereocenters. The number of para-hydroxylation sites is 1. The van der Waals surface area contributed by atoms with Gasteiger partial charge in [0.15, 0.2) is 5.11 Å². The van der Waals surface area contributed by atoms with E-state index in [2.05, 4.69) is 10.7 Å². The minimum atomic E-state index is -0.419. The summed E-state index contributed by atoms with van der Waals surface area (Å²) in [6, 6.07) is 18.6. The van der Waals surface area contributed by atoms with Gasteiger partial charge in [-0.15, -0.1) is 0 Å². The molecule has 0 aromatic heterocycles. The average molecular weight is 375 g/mol. The van der Waals surface area contributed by atoms with E-state index >= 15 is 0 Å². The van der Waals surface area contributed by atoms with E-state index in [0.717, 1.165) is 28.1 Å². The number of rotatable bonds is 3. The third kappa shape index (κ3) is 2.94. The van der Waals surface area contributed by atoms with Gasteiger partial charge in [0.25, 0.3) is 11.8 Å². The number of imide groups is 1. The molecule has 5 nitrogen and oxygen atoms in total.